The van der Waals surface area contributed by atoms with Crippen LogP contribution in [0.2, 0.25) is 0 Å². The van der Waals surface area contributed by atoms with Crippen LogP contribution in [0.5, 0.6) is 0 Å². The van der Waals surface area contributed by atoms with Crippen LogP contribution in [0.4, 0.5) is 0 Å². The summed E-state index contributed by atoms with van der Waals surface area (Å²) in [7, 11) is 0. The molecule has 25 heavy (non-hydrogen) atoms. The summed E-state index contributed by atoms with van der Waals surface area (Å²) >= 11 is 0. The first-order chi connectivity index (χ1) is 11.9. The molecule has 1 fully saturated rings. The quantitative estimate of drug-likeness (QED) is 0.391. The van der Waals surface area contributed by atoms with Crippen LogP contribution < -0.4 is 0 Å². The molecule has 0 aliphatic carbocycles. The van der Waals surface area contributed by atoms with Crippen molar-refractivity contribution in [1.29, 1.82) is 0 Å². The van der Waals surface area contributed by atoms with Gasteiger partial charge in [0.2, 0.25) is 0 Å². The molecule has 138 valence electrons. The Morgan fingerprint density at radius 3 is 1.60 bits per heavy atom. The molecule has 1 saturated heterocycles. The van der Waals surface area contributed by atoms with Crippen molar-refractivity contribution in [1.82, 2.24) is 4.90 Å². The Labute approximate surface area is 153 Å². The molecule has 0 aromatic carbocycles. The minimum atomic E-state index is -0.237. The lowest BCUT2D eigenvalue weighted by Gasteiger charge is -2.59. The Kier molecular flexibility index (Phi) is 8.11. The van der Waals surface area contributed by atoms with Crippen molar-refractivity contribution in [2.45, 2.75) is 62.6 Å². The van der Waals surface area contributed by atoms with E-state index >= 15 is 0 Å². The van der Waals surface area contributed by atoms with E-state index in [1.807, 2.05) is 30.4 Å². The van der Waals surface area contributed by atoms with Crippen molar-refractivity contribution in [2.24, 2.45) is 0 Å². The van der Waals surface area contributed by atoms with Gasteiger partial charge in [-0.3, -0.25) is 9.69 Å². The summed E-state index contributed by atoms with van der Waals surface area (Å²) in [5.41, 5.74) is -0.413. The molecule has 0 aromatic rings. The number of hydrogen-bond donors (Lipinski definition) is 0. The van der Waals surface area contributed by atoms with Gasteiger partial charge in [0.25, 0.3) is 0 Å². The van der Waals surface area contributed by atoms with Gasteiger partial charge in [-0.05, 0) is 25.7 Å². The molecule has 0 bridgehead atoms. The highest BCUT2D eigenvalue weighted by Gasteiger charge is 2.52. The van der Waals surface area contributed by atoms with Crippen LogP contribution >= 0.6 is 0 Å². The van der Waals surface area contributed by atoms with Crippen LogP contribution in [-0.2, 0) is 9.53 Å². The zero-order valence-corrected chi connectivity index (χ0v) is 15.7. The standard InChI is InChI=1S/C22H33NO2/c1-7-12-21(13-8-2)17-20(25-19(6)24)18-22(14-9-3,15-10-4)23(21)16-11-5/h7-11,20H,1-5,12-18H2,6H3. The summed E-state index contributed by atoms with van der Waals surface area (Å²) in [4.78, 5) is 14.1. The summed E-state index contributed by atoms with van der Waals surface area (Å²) in [6, 6.07) is 0. The maximum absolute atomic E-state index is 11.6. The Morgan fingerprint density at radius 2 is 1.32 bits per heavy atom. The molecular weight excluding hydrogens is 310 g/mol. The second kappa shape index (κ2) is 9.57. The number of rotatable bonds is 11. The van der Waals surface area contributed by atoms with Gasteiger partial charge in [-0.2, -0.15) is 0 Å². The SMILES string of the molecule is C=CCN1C(CC=C)(CC=C)CC(OC(C)=O)CC1(CC=C)CC=C. The normalized spacial score (nSPS) is 19.6. The van der Waals surface area contributed by atoms with Gasteiger partial charge in [-0.15, -0.1) is 32.9 Å². The fraction of sp³-hybridized carbons (Fsp3) is 0.500. The van der Waals surface area contributed by atoms with E-state index in [0.717, 1.165) is 45.1 Å². The fourth-order valence-electron chi connectivity index (χ4n) is 4.49. The van der Waals surface area contributed by atoms with Gasteiger partial charge in [0.1, 0.15) is 6.10 Å². The van der Waals surface area contributed by atoms with E-state index in [4.69, 9.17) is 4.74 Å². The van der Waals surface area contributed by atoms with Gasteiger partial charge in [-0.1, -0.05) is 30.4 Å². The van der Waals surface area contributed by atoms with Crippen molar-refractivity contribution in [2.75, 3.05) is 6.54 Å². The summed E-state index contributed by atoms with van der Waals surface area (Å²) in [5.74, 6) is -0.237. The van der Waals surface area contributed by atoms with Crippen LogP contribution in [0.1, 0.15) is 45.4 Å². The molecule has 0 amide bonds. The van der Waals surface area contributed by atoms with Gasteiger partial charge < -0.3 is 4.74 Å². The Morgan fingerprint density at radius 1 is 0.920 bits per heavy atom. The average molecular weight is 344 g/mol. The fourth-order valence-corrected chi connectivity index (χ4v) is 4.49. The molecule has 0 unspecified atom stereocenters. The Hall–Kier alpha value is -1.87. The van der Waals surface area contributed by atoms with Gasteiger partial charge in [0, 0.05) is 37.4 Å². The maximum atomic E-state index is 11.6. The number of likely N-dealkylation sites (tertiary alicyclic amines) is 1. The van der Waals surface area contributed by atoms with E-state index < -0.39 is 0 Å². The number of hydrogen-bond acceptors (Lipinski definition) is 3. The highest BCUT2D eigenvalue weighted by Crippen LogP contribution is 2.47. The number of carbonyl (C=O) groups excluding carboxylic acids is 1. The lowest BCUT2D eigenvalue weighted by molar-refractivity contribution is -0.161. The number of nitrogens with zero attached hydrogens (tertiary/aromatic N) is 1. The molecule has 0 atom stereocenters. The number of ether oxygens (including phenoxy) is 1. The Balaban J connectivity index is 3.50. The summed E-state index contributed by atoms with van der Waals surface area (Å²) in [5, 5.41) is 0. The predicted molar refractivity (Wildman–Crippen MR) is 106 cm³/mol. The van der Waals surface area contributed by atoms with E-state index in [1.54, 1.807) is 0 Å². The summed E-state index contributed by atoms with van der Waals surface area (Å²) < 4.78 is 5.68. The van der Waals surface area contributed by atoms with E-state index in [-0.39, 0.29) is 23.2 Å². The molecular formula is C22H33NO2. The van der Waals surface area contributed by atoms with E-state index in [2.05, 4.69) is 37.8 Å². The van der Waals surface area contributed by atoms with Crippen LogP contribution in [-0.4, -0.2) is 34.6 Å². The molecule has 3 nitrogen and oxygen atoms in total. The van der Waals surface area contributed by atoms with E-state index in [1.165, 1.54) is 6.92 Å². The zero-order chi connectivity index (χ0) is 18.9. The van der Waals surface area contributed by atoms with Crippen molar-refractivity contribution in [3.8, 4) is 0 Å². The van der Waals surface area contributed by atoms with E-state index in [9.17, 15) is 4.79 Å². The number of carbonyl (C=O) groups is 1. The number of esters is 1. The van der Waals surface area contributed by atoms with Gasteiger partial charge in [0.05, 0.1) is 0 Å². The van der Waals surface area contributed by atoms with Gasteiger partial charge in [-0.25, -0.2) is 0 Å². The highest BCUT2D eigenvalue weighted by molar-refractivity contribution is 5.66. The van der Waals surface area contributed by atoms with Crippen molar-refractivity contribution in [3.63, 3.8) is 0 Å². The molecule has 0 aromatic heterocycles. The molecule has 3 heteroatoms. The largest absolute Gasteiger partial charge is 0.462 e. The molecule has 0 radical (unpaired) electrons. The molecule has 1 aliphatic rings. The lowest BCUT2D eigenvalue weighted by atomic mass is 9.69. The molecule has 1 heterocycles. The molecule has 0 spiro atoms. The monoisotopic (exact) mass is 343 g/mol. The first kappa shape index (κ1) is 21.2. The van der Waals surface area contributed by atoms with Crippen molar-refractivity contribution >= 4 is 5.97 Å². The van der Waals surface area contributed by atoms with Gasteiger partial charge in [0.15, 0.2) is 0 Å². The third-order valence-corrected chi connectivity index (χ3v) is 5.10. The molecule has 0 N–H and O–H groups in total. The minimum Gasteiger partial charge on any atom is -0.462 e. The maximum Gasteiger partial charge on any atom is 0.302 e. The third kappa shape index (κ3) is 4.82. The molecule has 0 saturated carbocycles. The average Bonchev–Trinajstić information content (AvgIpc) is 2.51. The topological polar surface area (TPSA) is 29.5 Å². The third-order valence-electron chi connectivity index (χ3n) is 5.10. The second-order valence-corrected chi connectivity index (χ2v) is 6.96. The second-order valence-electron chi connectivity index (χ2n) is 6.96. The van der Waals surface area contributed by atoms with Crippen molar-refractivity contribution in [3.05, 3.63) is 63.3 Å². The highest BCUT2D eigenvalue weighted by atomic mass is 16.5. The van der Waals surface area contributed by atoms with Crippen molar-refractivity contribution < 1.29 is 9.53 Å². The zero-order valence-electron chi connectivity index (χ0n) is 15.7. The molecule has 1 aliphatic heterocycles. The minimum absolute atomic E-state index is 0.140. The van der Waals surface area contributed by atoms with Crippen LogP contribution in [0.3, 0.4) is 0 Å². The number of piperidine rings is 1. The first-order valence-electron chi connectivity index (χ1n) is 8.93. The lowest BCUT2D eigenvalue weighted by Crippen LogP contribution is -2.66. The first-order valence-corrected chi connectivity index (χ1v) is 8.93. The Bertz CT molecular complexity index is 466. The molecule has 1 rings (SSSR count). The summed E-state index contributed by atoms with van der Waals surface area (Å²) in [6.45, 7) is 22.1. The van der Waals surface area contributed by atoms with Crippen LogP contribution in [0.25, 0.3) is 0 Å². The summed E-state index contributed by atoms with van der Waals surface area (Å²) in [6.07, 6.45) is 14.3. The smallest absolute Gasteiger partial charge is 0.302 e. The predicted octanol–water partition coefficient (Wildman–Crippen LogP) is 4.98. The van der Waals surface area contributed by atoms with Gasteiger partial charge >= 0.3 is 5.97 Å². The van der Waals surface area contributed by atoms with Crippen LogP contribution in [0, 0.1) is 0 Å². The van der Waals surface area contributed by atoms with Crippen LogP contribution in [0.15, 0.2) is 63.3 Å². The van der Waals surface area contributed by atoms with E-state index in [0.29, 0.717) is 0 Å².